The normalized spacial score (nSPS) is 14.2. The third-order valence-corrected chi connectivity index (χ3v) is 5.94. The highest BCUT2D eigenvalue weighted by molar-refractivity contribution is 9.10. The second-order valence-electron chi connectivity index (χ2n) is 8.46. The van der Waals surface area contributed by atoms with Gasteiger partial charge in [0.05, 0.1) is 5.56 Å². The Morgan fingerprint density at radius 2 is 1.58 bits per heavy atom. The van der Waals surface area contributed by atoms with Gasteiger partial charge < -0.3 is 15.1 Å². The van der Waals surface area contributed by atoms with E-state index >= 15 is 0 Å². The molecule has 3 rings (SSSR count). The highest BCUT2D eigenvalue weighted by Gasteiger charge is 2.29. The second kappa shape index (κ2) is 9.78. The SMILES string of the molecule is CC(C)(C)C(=O)N1CCN(c2ccc(NC(=S)NC(=O)c3ccccc3Br)cc2)CC1. The Balaban J connectivity index is 1.53. The summed E-state index contributed by atoms with van der Waals surface area (Å²) >= 11 is 8.64. The minimum atomic E-state index is -0.347. The molecule has 8 heteroatoms. The van der Waals surface area contributed by atoms with Crippen LogP contribution >= 0.6 is 28.1 Å². The summed E-state index contributed by atoms with van der Waals surface area (Å²) in [6.45, 7) is 8.92. The fraction of sp³-hybridized carbons (Fsp3) is 0.348. The maximum absolute atomic E-state index is 12.5. The van der Waals surface area contributed by atoms with Gasteiger partial charge in [-0.1, -0.05) is 32.9 Å². The maximum Gasteiger partial charge on any atom is 0.258 e. The van der Waals surface area contributed by atoms with Crippen molar-refractivity contribution in [3.05, 3.63) is 58.6 Å². The number of nitrogens with one attached hydrogen (secondary N) is 2. The Kier molecular flexibility index (Phi) is 7.33. The minimum absolute atomic E-state index is 0.199. The fourth-order valence-corrected chi connectivity index (χ4v) is 4.05. The van der Waals surface area contributed by atoms with Crippen molar-refractivity contribution in [2.24, 2.45) is 5.41 Å². The number of rotatable bonds is 3. The minimum Gasteiger partial charge on any atom is -0.368 e. The molecule has 0 saturated carbocycles. The Hall–Kier alpha value is -2.45. The van der Waals surface area contributed by atoms with Crippen molar-refractivity contribution in [1.82, 2.24) is 10.2 Å². The predicted octanol–water partition coefficient (Wildman–Crippen LogP) is 4.27. The lowest BCUT2D eigenvalue weighted by Gasteiger charge is -2.38. The van der Waals surface area contributed by atoms with Crippen LogP contribution in [0.4, 0.5) is 11.4 Å². The lowest BCUT2D eigenvalue weighted by molar-refractivity contribution is -0.139. The van der Waals surface area contributed by atoms with Crippen LogP contribution in [0.15, 0.2) is 53.0 Å². The molecule has 0 spiro atoms. The van der Waals surface area contributed by atoms with Crippen molar-refractivity contribution >= 4 is 56.4 Å². The van der Waals surface area contributed by atoms with Gasteiger partial charge in [-0.2, -0.15) is 0 Å². The van der Waals surface area contributed by atoms with Crippen LogP contribution in [0.25, 0.3) is 0 Å². The monoisotopic (exact) mass is 502 g/mol. The number of carbonyl (C=O) groups excluding carboxylic acids is 2. The van der Waals surface area contributed by atoms with E-state index in [1.807, 2.05) is 62.1 Å². The van der Waals surface area contributed by atoms with Crippen molar-refractivity contribution < 1.29 is 9.59 Å². The largest absolute Gasteiger partial charge is 0.368 e. The van der Waals surface area contributed by atoms with Gasteiger partial charge in [0.15, 0.2) is 5.11 Å². The molecule has 2 N–H and O–H groups in total. The van der Waals surface area contributed by atoms with E-state index < -0.39 is 0 Å². The zero-order valence-corrected chi connectivity index (χ0v) is 20.3. The van der Waals surface area contributed by atoms with Gasteiger partial charge in [-0.3, -0.25) is 14.9 Å². The van der Waals surface area contributed by atoms with Gasteiger partial charge in [0, 0.05) is 47.4 Å². The van der Waals surface area contributed by atoms with Crippen LogP contribution in [0.2, 0.25) is 0 Å². The van der Waals surface area contributed by atoms with Crippen LogP contribution in [0.1, 0.15) is 31.1 Å². The topological polar surface area (TPSA) is 64.7 Å². The van der Waals surface area contributed by atoms with Crippen molar-refractivity contribution in [1.29, 1.82) is 0 Å². The first kappa shape index (κ1) is 23.2. The number of nitrogens with zero attached hydrogens (tertiary/aromatic N) is 2. The van der Waals surface area contributed by atoms with Gasteiger partial charge >= 0.3 is 0 Å². The summed E-state index contributed by atoms with van der Waals surface area (Å²) in [5.74, 6) is -0.0749. The molecular formula is C23H27BrN4O2S. The molecule has 164 valence electrons. The van der Waals surface area contributed by atoms with Crippen LogP contribution < -0.4 is 15.5 Å². The molecule has 1 aliphatic heterocycles. The molecule has 0 unspecified atom stereocenters. The van der Waals surface area contributed by atoms with Crippen LogP contribution in [0, 0.1) is 5.41 Å². The number of carbonyl (C=O) groups is 2. The average molecular weight is 503 g/mol. The predicted molar refractivity (Wildman–Crippen MR) is 133 cm³/mol. The van der Waals surface area contributed by atoms with E-state index in [0.717, 1.165) is 37.6 Å². The highest BCUT2D eigenvalue weighted by Crippen LogP contribution is 2.23. The summed E-state index contributed by atoms with van der Waals surface area (Å²) < 4.78 is 0.712. The van der Waals surface area contributed by atoms with Crippen molar-refractivity contribution in [2.45, 2.75) is 20.8 Å². The molecule has 6 nitrogen and oxygen atoms in total. The molecule has 0 radical (unpaired) electrons. The summed E-state index contributed by atoms with van der Waals surface area (Å²) in [5, 5.41) is 5.98. The number of benzene rings is 2. The van der Waals surface area contributed by atoms with Crippen molar-refractivity contribution in [3.8, 4) is 0 Å². The van der Waals surface area contributed by atoms with E-state index in [2.05, 4.69) is 31.5 Å². The maximum atomic E-state index is 12.5. The molecule has 2 aromatic rings. The van der Waals surface area contributed by atoms with Gasteiger partial charge in [-0.25, -0.2) is 0 Å². The molecule has 1 aliphatic rings. The highest BCUT2D eigenvalue weighted by atomic mass is 79.9. The zero-order valence-electron chi connectivity index (χ0n) is 17.9. The third kappa shape index (κ3) is 6.04. The van der Waals surface area contributed by atoms with E-state index in [1.165, 1.54) is 0 Å². The van der Waals surface area contributed by atoms with Crippen LogP contribution in [0.3, 0.4) is 0 Å². The van der Waals surface area contributed by atoms with E-state index in [1.54, 1.807) is 12.1 Å². The number of hydrogen-bond donors (Lipinski definition) is 2. The molecule has 2 aromatic carbocycles. The first-order valence-electron chi connectivity index (χ1n) is 10.2. The number of piperazine rings is 1. The van der Waals surface area contributed by atoms with Crippen LogP contribution in [0.5, 0.6) is 0 Å². The fourth-order valence-electron chi connectivity index (χ4n) is 3.38. The molecule has 1 saturated heterocycles. The number of thiocarbonyl (C=S) groups is 1. The molecule has 1 fully saturated rings. The van der Waals surface area contributed by atoms with Crippen LogP contribution in [-0.4, -0.2) is 48.0 Å². The van der Waals surface area contributed by atoms with Gasteiger partial charge in [0.25, 0.3) is 5.91 Å². The van der Waals surface area contributed by atoms with Gasteiger partial charge in [-0.15, -0.1) is 0 Å². The molecular weight excluding hydrogens is 476 g/mol. The lowest BCUT2D eigenvalue weighted by Crippen LogP contribution is -2.51. The van der Waals surface area contributed by atoms with Crippen LogP contribution in [-0.2, 0) is 4.79 Å². The number of amides is 2. The molecule has 0 aromatic heterocycles. The van der Waals surface area contributed by atoms with E-state index in [0.29, 0.717) is 10.0 Å². The first-order chi connectivity index (χ1) is 14.6. The summed E-state index contributed by atoms with van der Waals surface area (Å²) in [6.07, 6.45) is 0. The smallest absolute Gasteiger partial charge is 0.258 e. The summed E-state index contributed by atoms with van der Waals surface area (Å²) in [6, 6.07) is 15.1. The third-order valence-electron chi connectivity index (χ3n) is 5.04. The number of anilines is 2. The van der Waals surface area contributed by atoms with Crippen molar-refractivity contribution in [2.75, 3.05) is 36.4 Å². The first-order valence-corrected chi connectivity index (χ1v) is 11.4. The Bertz CT molecular complexity index is 964. The lowest BCUT2D eigenvalue weighted by atomic mass is 9.94. The van der Waals surface area contributed by atoms with Gasteiger partial charge in [0.2, 0.25) is 5.91 Å². The molecule has 0 aliphatic carbocycles. The summed E-state index contributed by atoms with van der Waals surface area (Å²) in [4.78, 5) is 29.0. The number of halogens is 1. The zero-order chi connectivity index (χ0) is 22.6. The van der Waals surface area contributed by atoms with Crippen molar-refractivity contribution in [3.63, 3.8) is 0 Å². The summed E-state index contributed by atoms with van der Waals surface area (Å²) in [7, 11) is 0. The Morgan fingerprint density at radius 3 is 2.16 bits per heavy atom. The molecule has 0 atom stereocenters. The number of hydrogen-bond acceptors (Lipinski definition) is 4. The second-order valence-corrected chi connectivity index (χ2v) is 9.73. The van der Waals surface area contributed by atoms with Gasteiger partial charge in [-0.05, 0) is 64.5 Å². The Labute approximate surface area is 197 Å². The molecule has 0 bridgehead atoms. The molecule has 2 amide bonds. The van der Waals surface area contributed by atoms with Gasteiger partial charge in [0.1, 0.15) is 0 Å². The van der Waals surface area contributed by atoms with E-state index in [9.17, 15) is 9.59 Å². The summed E-state index contributed by atoms with van der Waals surface area (Å²) in [5.41, 5.74) is 2.06. The Morgan fingerprint density at radius 1 is 0.968 bits per heavy atom. The molecule has 1 heterocycles. The van der Waals surface area contributed by atoms with E-state index in [-0.39, 0.29) is 22.3 Å². The quantitative estimate of drug-likeness (QED) is 0.613. The molecule has 31 heavy (non-hydrogen) atoms. The average Bonchev–Trinajstić information content (AvgIpc) is 2.73. The van der Waals surface area contributed by atoms with E-state index in [4.69, 9.17) is 12.2 Å². The standard InChI is InChI=1S/C23H27BrN4O2S/c1-23(2,3)21(30)28-14-12-27(13-15-28)17-10-8-16(9-11-17)25-22(31)26-20(29)18-6-4-5-7-19(18)24/h4-11H,12-15H2,1-3H3,(H2,25,26,29,31).